The summed E-state index contributed by atoms with van der Waals surface area (Å²) in [5, 5.41) is 0. The summed E-state index contributed by atoms with van der Waals surface area (Å²) in [5.74, 6) is -0.178. The zero-order valence-corrected chi connectivity index (χ0v) is 20.0. The Morgan fingerprint density at radius 2 is 1.32 bits per heavy atom. The maximum atomic E-state index is 13.7. The molecule has 2 aromatic rings. The highest BCUT2D eigenvalue weighted by molar-refractivity contribution is 5.99. The molecule has 34 heavy (non-hydrogen) atoms. The Balaban J connectivity index is 1.47. The van der Waals surface area contributed by atoms with E-state index in [4.69, 9.17) is 0 Å². The molecule has 5 rings (SSSR count). The molecular weight excluding hydrogens is 426 g/mol. The molecule has 3 fully saturated rings. The van der Waals surface area contributed by atoms with Gasteiger partial charge >= 0.3 is 0 Å². The molecule has 1 aliphatic carbocycles. The van der Waals surface area contributed by atoms with Crippen LogP contribution in [0.1, 0.15) is 96.0 Å². The van der Waals surface area contributed by atoms with Gasteiger partial charge in [0.15, 0.2) is 0 Å². The molecule has 2 aliphatic heterocycles. The van der Waals surface area contributed by atoms with Gasteiger partial charge in [-0.3, -0.25) is 14.4 Å². The third-order valence-electron chi connectivity index (χ3n) is 7.88. The van der Waals surface area contributed by atoms with Crippen molar-refractivity contribution in [3.63, 3.8) is 0 Å². The number of hydrogen-bond donors (Lipinski definition) is 0. The molecule has 0 bridgehead atoms. The van der Waals surface area contributed by atoms with Crippen LogP contribution in [0.4, 0.5) is 0 Å². The summed E-state index contributed by atoms with van der Waals surface area (Å²) < 4.78 is 2.01. The van der Waals surface area contributed by atoms with Crippen molar-refractivity contribution in [1.29, 1.82) is 0 Å². The van der Waals surface area contributed by atoms with Crippen molar-refractivity contribution in [3.05, 3.63) is 69.6 Å². The number of nitrogens with zero attached hydrogens (tertiary/aromatic N) is 3. The van der Waals surface area contributed by atoms with Crippen LogP contribution in [0.5, 0.6) is 0 Å². The molecule has 2 saturated heterocycles. The van der Waals surface area contributed by atoms with Crippen LogP contribution in [0, 0.1) is 0 Å². The van der Waals surface area contributed by atoms with E-state index >= 15 is 0 Å². The molecule has 1 aromatic carbocycles. The zero-order chi connectivity index (χ0) is 23.5. The highest BCUT2D eigenvalue weighted by Gasteiger charge is 2.31. The quantitative estimate of drug-likeness (QED) is 0.668. The molecule has 3 aliphatic rings. The standard InChI is InChI=1S/C28H35N3O3/c32-26-24(27(33)29-15-7-8-16-29)19-31(23-13-5-2-6-14-23)20-25(26)28(34)30-17-9-12-22(18-30)21-10-3-1-4-11-21/h1,3-4,10-11,19-20,22-23H,2,5-9,12-18H2/t22-/m1/s1. The lowest BCUT2D eigenvalue weighted by atomic mass is 9.90. The first-order valence-corrected chi connectivity index (χ1v) is 13.0. The van der Waals surface area contributed by atoms with Crippen molar-refractivity contribution in [2.45, 2.75) is 69.7 Å². The van der Waals surface area contributed by atoms with Crippen molar-refractivity contribution >= 4 is 11.8 Å². The van der Waals surface area contributed by atoms with Crippen LogP contribution in [0.2, 0.25) is 0 Å². The maximum absolute atomic E-state index is 13.7. The average molecular weight is 462 g/mol. The number of hydrogen-bond acceptors (Lipinski definition) is 3. The van der Waals surface area contributed by atoms with Gasteiger partial charge in [0, 0.05) is 50.5 Å². The van der Waals surface area contributed by atoms with E-state index in [1.54, 1.807) is 17.3 Å². The molecule has 0 unspecified atom stereocenters. The zero-order valence-electron chi connectivity index (χ0n) is 20.0. The minimum absolute atomic E-state index is 0.157. The van der Waals surface area contributed by atoms with Gasteiger partial charge in [0.2, 0.25) is 5.43 Å². The predicted octanol–water partition coefficient (Wildman–Crippen LogP) is 4.61. The summed E-state index contributed by atoms with van der Waals surface area (Å²) in [6.45, 7) is 2.63. The summed E-state index contributed by atoms with van der Waals surface area (Å²) in [6.07, 6.45) is 12.9. The number of likely N-dealkylation sites (tertiary alicyclic amines) is 2. The van der Waals surface area contributed by atoms with E-state index in [-0.39, 0.29) is 34.9 Å². The van der Waals surface area contributed by atoms with Crippen LogP contribution in [0.25, 0.3) is 0 Å². The molecule has 0 radical (unpaired) electrons. The fourth-order valence-corrected chi connectivity index (χ4v) is 5.91. The van der Waals surface area contributed by atoms with Crippen LogP contribution in [0.15, 0.2) is 47.5 Å². The SMILES string of the molecule is O=C(c1cn(C2CCCCC2)cc(C(=O)N2CCC[C@@H](c3ccccc3)C2)c1=O)N1CCCC1. The molecule has 6 heteroatoms. The second kappa shape index (κ2) is 10.2. The van der Waals surface area contributed by atoms with Crippen molar-refractivity contribution < 1.29 is 9.59 Å². The molecule has 2 amide bonds. The highest BCUT2D eigenvalue weighted by Crippen LogP contribution is 2.30. The fourth-order valence-electron chi connectivity index (χ4n) is 5.91. The van der Waals surface area contributed by atoms with Crippen LogP contribution < -0.4 is 5.43 Å². The van der Waals surface area contributed by atoms with Crippen LogP contribution in [-0.4, -0.2) is 52.4 Å². The number of pyridine rings is 1. The van der Waals surface area contributed by atoms with Gasteiger partial charge < -0.3 is 14.4 Å². The molecular formula is C28H35N3O3. The Morgan fingerprint density at radius 3 is 2.00 bits per heavy atom. The molecule has 1 atom stereocenters. The van der Waals surface area contributed by atoms with Crippen LogP contribution in [0.3, 0.4) is 0 Å². The maximum Gasteiger partial charge on any atom is 0.259 e. The van der Waals surface area contributed by atoms with Gasteiger partial charge in [-0.15, -0.1) is 0 Å². The monoisotopic (exact) mass is 461 g/mol. The summed E-state index contributed by atoms with van der Waals surface area (Å²) in [6, 6.07) is 10.5. The van der Waals surface area contributed by atoms with E-state index in [0.29, 0.717) is 26.2 Å². The molecule has 1 saturated carbocycles. The molecule has 180 valence electrons. The second-order valence-corrected chi connectivity index (χ2v) is 10.2. The van der Waals surface area contributed by atoms with Gasteiger partial charge in [-0.25, -0.2) is 0 Å². The molecule has 1 aromatic heterocycles. The number of rotatable bonds is 4. The highest BCUT2D eigenvalue weighted by atomic mass is 16.2. The average Bonchev–Trinajstić information content (AvgIpc) is 3.44. The number of benzene rings is 1. The van der Waals surface area contributed by atoms with Crippen molar-refractivity contribution in [3.8, 4) is 0 Å². The Hall–Kier alpha value is -2.89. The van der Waals surface area contributed by atoms with Gasteiger partial charge in [-0.1, -0.05) is 49.6 Å². The summed E-state index contributed by atoms with van der Waals surface area (Å²) in [7, 11) is 0. The number of piperidine rings is 1. The van der Waals surface area contributed by atoms with Crippen LogP contribution >= 0.6 is 0 Å². The lowest BCUT2D eigenvalue weighted by molar-refractivity contribution is 0.0704. The van der Waals surface area contributed by atoms with E-state index in [9.17, 15) is 14.4 Å². The van der Waals surface area contributed by atoms with Gasteiger partial charge in [0.05, 0.1) is 0 Å². The fraction of sp³-hybridized carbons (Fsp3) is 0.536. The topological polar surface area (TPSA) is 62.6 Å². The number of carbonyl (C=O) groups excluding carboxylic acids is 2. The van der Waals surface area contributed by atoms with E-state index in [0.717, 1.165) is 51.4 Å². The Kier molecular flexibility index (Phi) is 6.84. The number of carbonyl (C=O) groups is 2. The third-order valence-corrected chi connectivity index (χ3v) is 7.88. The minimum atomic E-state index is -0.407. The van der Waals surface area contributed by atoms with Gasteiger partial charge in [-0.05, 0) is 44.1 Å². The molecule has 6 nitrogen and oxygen atoms in total. The van der Waals surface area contributed by atoms with Crippen LogP contribution in [-0.2, 0) is 0 Å². The first-order valence-electron chi connectivity index (χ1n) is 13.0. The smallest absolute Gasteiger partial charge is 0.259 e. The van der Waals surface area contributed by atoms with Gasteiger partial charge in [0.25, 0.3) is 11.8 Å². The summed E-state index contributed by atoms with van der Waals surface area (Å²) >= 11 is 0. The largest absolute Gasteiger partial charge is 0.349 e. The van der Waals surface area contributed by atoms with E-state index < -0.39 is 5.43 Å². The molecule has 3 heterocycles. The summed E-state index contributed by atoms with van der Waals surface area (Å²) in [5.41, 5.74) is 1.15. The lowest BCUT2D eigenvalue weighted by Crippen LogP contribution is -2.42. The van der Waals surface area contributed by atoms with E-state index in [1.165, 1.54) is 12.0 Å². The van der Waals surface area contributed by atoms with Crippen molar-refractivity contribution in [1.82, 2.24) is 14.4 Å². The first kappa shape index (κ1) is 22.9. The van der Waals surface area contributed by atoms with Gasteiger partial charge in [-0.2, -0.15) is 0 Å². The Bertz CT molecular complexity index is 1080. The number of aromatic nitrogens is 1. The molecule has 0 spiro atoms. The first-order chi connectivity index (χ1) is 16.6. The predicted molar refractivity (Wildman–Crippen MR) is 132 cm³/mol. The summed E-state index contributed by atoms with van der Waals surface area (Å²) in [4.78, 5) is 44.1. The normalized spacial score (nSPS) is 21.6. The minimum Gasteiger partial charge on any atom is -0.349 e. The number of amides is 2. The Labute approximate surface area is 201 Å². The third kappa shape index (κ3) is 4.68. The van der Waals surface area contributed by atoms with Crippen molar-refractivity contribution in [2.75, 3.05) is 26.2 Å². The van der Waals surface area contributed by atoms with E-state index in [2.05, 4.69) is 12.1 Å². The second-order valence-electron chi connectivity index (χ2n) is 10.2. The van der Waals surface area contributed by atoms with E-state index in [1.807, 2.05) is 27.7 Å². The Morgan fingerprint density at radius 1 is 0.706 bits per heavy atom. The molecule has 0 N–H and O–H groups in total. The lowest BCUT2D eigenvalue weighted by Gasteiger charge is -2.33. The van der Waals surface area contributed by atoms with Crippen molar-refractivity contribution in [2.24, 2.45) is 0 Å². The van der Waals surface area contributed by atoms with Gasteiger partial charge in [0.1, 0.15) is 11.1 Å².